The van der Waals surface area contributed by atoms with Crippen LogP contribution in [0, 0.1) is 5.82 Å². The summed E-state index contributed by atoms with van der Waals surface area (Å²) < 4.78 is 21.7. The van der Waals surface area contributed by atoms with E-state index in [0.29, 0.717) is 31.9 Å². The molecule has 0 atom stereocenters. The van der Waals surface area contributed by atoms with Crippen molar-refractivity contribution in [1.29, 1.82) is 0 Å². The van der Waals surface area contributed by atoms with E-state index in [2.05, 4.69) is 29.2 Å². The molecule has 1 aliphatic heterocycles. The lowest BCUT2D eigenvalue weighted by molar-refractivity contribution is 0.0619. The van der Waals surface area contributed by atoms with Gasteiger partial charge in [0.2, 0.25) is 0 Å². The fourth-order valence-electron chi connectivity index (χ4n) is 4.82. The molecule has 0 bridgehead atoms. The lowest BCUT2D eigenvalue weighted by Gasteiger charge is -2.35. The summed E-state index contributed by atoms with van der Waals surface area (Å²) in [5, 5.41) is 0.900. The largest absolute Gasteiger partial charge is 0.493 e. The number of carbonyl (C=O) groups is 1. The summed E-state index contributed by atoms with van der Waals surface area (Å²) >= 11 is 0. The SMILES string of the molecule is CCOc1cccc2c1cc(C(=O)N1CCN(Cc3ccccc3)CC1)n2Cc1cccc(F)c1. The van der Waals surface area contributed by atoms with Crippen LogP contribution in [0.4, 0.5) is 4.39 Å². The topological polar surface area (TPSA) is 37.7 Å². The molecule has 0 aliphatic carbocycles. The summed E-state index contributed by atoms with van der Waals surface area (Å²) in [7, 11) is 0. The molecular formula is C29H30FN3O2. The van der Waals surface area contributed by atoms with Crippen LogP contribution in [0.25, 0.3) is 10.9 Å². The Bertz CT molecular complexity index is 1310. The van der Waals surface area contributed by atoms with Gasteiger partial charge in [-0.2, -0.15) is 0 Å². The fraction of sp³-hybridized carbons (Fsp3) is 0.276. The molecule has 1 saturated heterocycles. The van der Waals surface area contributed by atoms with Crippen LogP contribution in [0.15, 0.2) is 78.9 Å². The van der Waals surface area contributed by atoms with Crippen molar-refractivity contribution in [2.24, 2.45) is 0 Å². The van der Waals surface area contributed by atoms with Gasteiger partial charge in [-0.05, 0) is 48.4 Å². The Morgan fingerprint density at radius 3 is 2.34 bits per heavy atom. The second kappa shape index (κ2) is 10.3. The third kappa shape index (κ3) is 5.08. The molecule has 1 aliphatic rings. The lowest BCUT2D eigenvalue weighted by atomic mass is 10.2. The van der Waals surface area contributed by atoms with Crippen molar-refractivity contribution in [1.82, 2.24) is 14.4 Å². The first-order valence-corrected chi connectivity index (χ1v) is 12.2. The standard InChI is InChI=1S/C29H30FN3O2/c1-2-35-28-13-7-12-26-25(28)19-27(33(26)21-23-10-6-11-24(30)18-23)29(34)32-16-14-31(15-17-32)20-22-8-4-3-5-9-22/h3-13,18-19H,2,14-17,20-21H2,1H3. The Morgan fingerprint density at radius 1 is 0.857 bits per heavy atom. The van der Waals surface area contributed by atoms with E-state index in [-0.39, 0.29) is 11.7 Å². The van der Waals surface area contributed by atoms with Gasteiger partial charge in [0.25, 0.3) is 5.91 Å². The zero-order chi connectivity index (χ0) is 24.2. The molecular weight excluding hydrogens is 441 g/mol. The molecule has 1 fully saturated rings. The van der Waals surface area contributed by atoms with Crippen molar-refractivity contribution in [3.05, 3.63) is 102 Å². The van der Waals surface area contributed by atoms with Crippen LogP contribution in [-0.2, 0) is 13.1 Å². The van der Waals surface area contributed by atoms with E-state index in [1.165, 1.54) is 17.7 Å². The summed E-state index contributed by atoms with van der Waals surface area (Å²) in [4.78, 5) is 18.1. The molecule has 4 aromatic rings. The molecule has 5 nitrogen and oxygen atoms in total. The van der Waals surface area contributed by atoms with E-state index in [4.69, 9.17) is 4.74 Å². The number of amides is 1. The number of hydrogen-bond donors (Lipinski definition) is 0. The highest BCUT2D eigenvalue weighted by Crippen LogP contribution is 2.31. The molecule has 5 rings (SSSR count). The number of nitrogens with zero attached hydrogens (tertiary/aromatic N) is 3. The van der Waals surface area contributed by atoms with Gasteiger partial charge in [-0.1, -0.05) is 48.5 Å². The fourth-order valence-corrected chi connectivity index (χ4v) is 4.82. The van der Waals surface area contributed by atoms with Gasteiger partial charge in [0.1, 0.15) is 17.3 Å². The maximum Gasteiger partial charge on any atom is 0.270 e. The first-order chi connectivity index (χ1) is 17.1. The Hall–Kier alpha value is -3.64. The maximum absolute atomic E-state index is 13.9. The first-order valence-electron chi connectivity index (χ1n) is 12.2. The molecule has 0 unspecified atom stereocenters. The van der Waals surface area contributed by atoms with Crippen LogP contribution in [0.2, 0.25) is 0 Å². The molecule has 0 spiro atoms. The molecule has 6 heteroatoms. The van der Waals surface area contributed by atoms with Crippen molar-refractivity contribution in [3.8, 4) is 5.75 Å². The van der Waals surface area contributed by atoms with Gasteiger partial charge in [-0.15, -0.1) is 0 Å². The predicted molar refractivity (Wildman–Crippen MR) is 136 cm³/mol. The van der Waals surface area contributed by atoms with Gasteiger partial charge in [-0.3, -0.25) is 9.69 Å². The molecule has 35 heavy (non-hydrogen) atoms. The van der Waals surface area contributed by atoms with Gasteiger partial charge in [0.05, 0.1) is 12.1 Å². The Balaban J connectivity index is 1.41. The number of halogens is 1. The van der Waals surface area contributed by atoms with Crippen LogP contribution in [0.5, 0.6) is 5.75 Å². The smallest absolute Gasteiger partial charge is 0.270 e. The van der Waals surface area contributed by atoms with E-state index >= 15 is 0 Å². The minimum Gasteiger partial charge on any atom is -0.493 e. The van der Waals surface area contributed by atoms with E-state index in [0.717, 1.165) is 41.9 Å². The van der Waals surface area contributed by atoms with Crippen molar-refractivity contribution in [2.45, 2.75) is 20.0 Å². The van der Waals surface area contributed by atoms with Gasteiger partial charge < -0.3 is 14.2 Å². The average molecular weight is 472 g/mol. The van der Waals surface area contributed by atoms with Gasteiger partial charge in [0, 0.05) is 44.7 Å². The second-order valence-electron chi connectivity index (χ2n) is 8.92. The number of hydrogen-bond acceptors (Lipinski definition) is 3. The van der Waals surface area contributed by atoms with E-state index < -0.39 is 0 Å². The zero-order valence-electron chi connectivity index (χ0n) is 20.0. The van der Waals surface area contributed by atoms with Crippen LogP contribution in [0.1, 0.15) is 28.5 Å². The van der Waals surface area contributed by atoms with E-state index in [9.17, 15) is 9.18 Å². The number of ether oxygens (including phenoxy) is 1. The molecule has 2 heterocycles. The summed E-state index contributed by atoms with van der Waals surface area (Å²) in [6.07, 6.45) is 0. The van der Waals surface area contributed by atoms with Crippen molar-refractivity contribution in [3.63, 3.8) is 0 Å². The van der Waals surface area contributed by atoms with Gasteiger partial charge in [0.15, 0.2) is 0 Å². The van der Waals surface area contributed by atoms with Crippen LogP contribution >= 0.6 is 0 Å². The van der Waals surface area contributed by atoms with Crippen molar-refractivity contribution >= 4 is 16.8 Å². The first kappa shape index (κ1) is 23.1. The lowest BCUT2D eigenvalue weighted by Crippen LogP contribution is -2.48. The second-order valence-corrected chi connectivity index (χ2v) is 8.92. The molecule has 0 radical (unpaired) electrons. The summed E-state index contributed by atoms with van der Waals surface area (Å²) in [6.45, 7) is 6.79. The van der Waals surface area contributed by atoms with Gasteiger partial charge in [-0.25, -0.2) is 4.39 Å². The third-order valence-corrected chi connectivity index (χ3v) is 6.56. The number of fused-ring (bicyclic) bond motifs is 1. The Morgan fingerprint density at radius 2 is 1.60 bits per heavy atom. The van der Waals surface area contributed by atoms with Gasteiger partial charge >= 0.3 is 0 Å². The number of rotatable bonds is 7. The molecule has 0 N–H and O–H groups in total. The molecule has 180 valence electrons. The Labute approximate surface area is 205 Å². The summed E-state index contributed by atoms with van der Waals surface area (Å²) in [6, 6.07) is 24.8. The van der Waals surface area contributed by atoms with Crippen molar-refractivity contribution < 1.29 is 13.9 Å². The highest BCUT2D eigenvalue weighted by molar-refractivity contribution is 6.00. The minimum absolute atomic E-state index is 0.000544. The normalized spacial score (nSPS) is 14.4. The number of aromatic nitrogens is 1. The highest BCUT2D eigenvalue weighted by atomic mass is 19.1. The van der Waals surface area contributed by atoms with Crippen molar-refractivity contribution in [2.75, 3.05) is 32.8 Å². The quantitative estimate of drug-likeness (QED) is 0.373. The predicted octanol–water partition coefficient (Wildman–Crippen LogP) is 5.19. The molecule has 0 saturated carbocycles. The minimum atomic E-state index is -0.281. The molecule has 1 amide bonds. The average Bonchev–Trinajstić information content (AvgIpc) is 3.24. The highest BCUT2D eigenvalue weighted by Gasteiger charge is 2.26. The number of benzene rings is 3. The van der Waals surface area contributed by atoms with Crippen LogP contribution in [-0.4, -0.2) is 53.1 Å². The van der Waals surface area contributed by atoms with Crippen LogP contribution in [0.3, 0.4) is 0 Å². The number of piperazine rings is 1. The molecule has 3 aromatic carbocycles. The monoisotopic (exact) mass is 471 g/mol. The summed E-state index contributed by atoms with van der Waals surface area (Å²) in [5.41, 5.74) is 3.61. The summed E-state index contributed by atoms with van der Waals surface area (Å²) in [5.74, 6) is 0.473. The van der Waals surface area contributed by atoms with E-state index in [1.807, 2.05) is 52.8 Å². The number of carbonyl (C=O) groups excluding carboxylic acids is 1. The zero-order valence-corrected chi connectivity index (χ0v) is 20.0. The van der Waals surface area contributed by atoms with E-state index in [1.54, 1.807) is 6.07 Å². The Kier molecular flexibility index (Phi) is 6.82. The molecule has 1 aromatic heterocycles. The van der Waals surface area contributed by atoms with Crippen LogP contribution < -0.4 is 4.74 Å². The maximum atomic E-state index is 13.9. The third-order valence-electron chi connectivity index (χ3n) is 6.56.